The van der Waals surface area contributed by atoms with Crippen molar-refractivity contribution in [1.29, 1.82) is 0 Å². The van der Waals surface area contributed by atoms with Crippen LogP contribution in [0.2, 0.25) is 0 Å². The fourth-order valence-electron chi connectivity index (χ4n) is 2.56. The molecule has 0 radical (unpaired) electrons. The molecule has 0 saturated carbocycles. The molecule has 4 heteroatoms. The van der Waals surface area contributed by atoms with E-state index in [1.54, 1.807) is 11.8 Å². The van der Waals surface area contributed by atoms with Crippen LogP contribution in [0, 0.1) is 0 Å². The molecule has 108 valence electrons. The molecule has 0 bridgehead atoms. The van der Waals surface area contributed by atoms with E-state index in [0.29, 0.717) is 0 Å². The van der Waals surface area contributed by atoms with Crippen LogP contribution in [-0.2, 0) is 11.2 Å². The number of anilines is 2. The van der Waals surface area contributed by atoms with Crippen LogP contribution in [0.25, 0.3) is 0 Å². The number of thioether (sulfide) groups is 1. The fourth-order valence-corrected chi connectivity index (χ4v) is 3.02. The van der Waals surface area contributed by atoms with E-state index in [0.717, 1.165) is 24.2 Å². The minimum Gasteiger partial charge on any atom is -0.374 e. The first kappa shape index (κ1) is 14.0. The Kier molecular flexibility index (Phi) is 4.15. The Morgan fingerprint density at radius 3 is 2.90 bits per heavy atom. The van der Waals surface area contributed by atoms with Gasteiger partial charge in [0, 0.05) is 16.3 Å². The molecule has 0 spiro atoms. The molecule has 1 aliphatic heterocycles. The first-order valence-electron chi connectivity index (χ1n) is 7.05. The van der Waals surface area contributed by atoms with Gasteiger partial charge in [0.05, 0.1) is 0 Å². The SMILES string of the molecule is CSc1cccc(NC2CCc3ccccc3NC2=O)c1. The van der Waals surface area contributed by atoms with Gasteiger partial charge >= 0.3 is 0 Å². The summed E-state index contributed by atoms with van der Waals surface area (Å²) in [5.74, 6) is 0.0366. The van der Waals surface area contributed by atoms with Gasteiger partial charge in [-0.3, -0.25) is 4.79 Å². The number of nitrogens with one attached hydrogen (secondary N) is 2. The van der Waals surface area contributed by atoms with Crippen molar-refractivity contribution >= 4 is 29.0 Å². The number of benzene rings is 2. The minimum absolute atomic E-state index is 0.0366. The summed E-state index contributed by atoms with van der Waals surface area (Å²) >= 11 is 1.70. The highest BCUT2D eigenvalue weighted by molar-refractivity contribution is 7.98. The van der Waals surface area contributed by atoms with Gasteiger partial charge in [0.15, 0.2) is 0 Å². The van der Waals surface area contributed by atoms with E-state index in [9.17, 15) is 4.79 Å². The second kappa shape index (κ2) is 6.22. The molecule has 1 amide bonds. The van der Waals surface area contributed by atoms with Gasteiger partial charge in [-0.1, -0.05) is 24.3 Å². The van der Waals surface area contributed by atoms with E-state index in [-0.39, 0.29) is 11.9 Å². The van der Waals surface area contributed by atoms with Crippen molar-refractivity contribution in [3.05, 3.63) is 54.1 Å². The van der Waals surface area contributed by atoms with Crippen LogP contribution in [0.1, 0.15) is 12.0 Å². The molecule has 0 aromatic heterocycles. The zero-order chi connectivity index (χ0) is 14.7. The molecule has 3 nitrogen and oxygen atoms in total. The fraction of sp³-hybridized carbons (Fsp3) is 0.235. The van der Waals surface area contributed by atoms with Crippen LogP contribution < -0.4 is 10.6 Å². The number of aryl methyl sites for hydroxylation is 1. The summed E-state index contributed by atoms with van der Waals surface area (Å²) in [4.78, 5) is 13.5. The maximum absolute atomic E-state index is 12.4. The molecule has 1 unspecified atom stereocenters. The van der Waals surface area contributed by atoms with Crippen molar-refractivity contribution in [2.75, 3.05) is 16.9 Å². The second-order valence-corrected chi connectivity index (χ2v) is 5.99. The maximum Gasteiger partial charge on any atom is 0.246 e. The molecule has 1 heterocycles. The molecular formula is C17H18N2OS. The van der Waals surface area contributed by atoms with Gasteiger partial charge < -0.3 is 10.6 Å². The van der Waals surface area contributed by atoms with E-state index in [2.05, 4.69) is 28.8 Å². The van der Waals surface area contributed by atoms with Crippen LogP contribution >= 0.6 is 11.8 Å². The molecule has 2 N–H and O–H groups in total. The van der Waals surface area contributed by atoms with E-state index in [4.69, 9.17) is 0 Å². The molecular weight excluding hydrogens is 280 g/mol. The van der Waals surface area contributed by atoms with Crippen LogP contribution in [0.15, 0.2) is 53.4 Å². The summed E-state index contributed by atoms with van der Waals surface area (Å²) in [7, 11) is 0. The molecule has 0 fully saturated rings. The number of fused-ring (bicyclic) bond motifs is 1. The highest BCUT2D eigenvalue weighted by Crippen LogP contribution is 2.24. The molecule has 1 aliphatic rings. The topological polar surface area (TPSA) is 41.1 Å². The van der Waals surface area contributed by atoms with Gasteiger partial charge in [-0.25, -0.2) is 0 Å². The number of hydrogen-bond donors (Lipinski definition) is 2. The third kappa shape index (κ3) is 3.22. The Morgan fingerprint density at radius 2 is 2.05 bits per heavy atom. The van der Waals surface area contributed by atoms with Crippen molar-refractivity contribution in [2.24, 2.45) is 0 Å². The number of carbonyl (C=O) groups is 1. The lowest BCUT2D eigenvalue weighted by Crippen LogP contribution is -2.33. The van der Waals surface area contributed by atoms with Crippen LogP contribution in [0.4, 0.5) is 11.4 Å². The van der Waals surface area contributed by atoms with Gasteiger partial charge in [-0.15, -0.1) is 11.8 Å². The zero-order valence-electron chi connectivity index (χ0n) is 11.9. The Balaban J connectivity index is 1.76. The quantitative estimate of drug-likeness (QED) is 0.847. The lowest BCUT2D eigenvalue weighted by Gasteiger charge is -2.17. The third-order valence-corrected chi connectivity index (χ3v) is 4.43. The number of amides is 1. The summed E-state index contributed by atoms with van der Waals surface area (Å²) in [5, 5.41) is 6.37. The van der Waals surface area contributed by atoms with Crippen molar-refractivity contribution in [3.8, 4) is 0 Å². The summed E-state index contributed by atoms with van der Waals surface area (Å²) in [6.07, 6.45) is 3.75. The smallest absolute Gasteiger partial charge is 0.246 e. The van der Waals surface area contributed by atoms with Gasteiger partial charge in [-0.2, -0.15) is 0 Å². The van der Waals surface area contributed by atoms with Gasteiger partial charge in [-0.05, 0) is 48.9 Å². The highest BCUT2D eigenvalue weighted by Gasteiger charge is 2.23. The summed E-state index contributed by atoms with van der Waals surface area (Å²) in [6, 6.07) is 16.0. The third-order valence-electron chi connectivity index (χ3n) is 3.70. The molecule has 2 aromatic rings. The molecule has 21 heavy (non-hydrogen) atoms. The second-order valence-electron chi connectivity index (χ2n) is 5.11. The Morgan fingerprint density at radius 1 is 1.19 bits per heavy atom. The highest BCUT2D eigenvalue weighted by atomic mass is 32.2. The van der Waals surface area contributed by atoms with Crippen molar-refractivity contribution < 1.29 is 4.79 Å². The molecule has 2 aromatic carbocycles. The van der Waals surface area contributed by atoms with Crippen LogP contribution in [0.3, 0.4) is 0 Å². The summed E-state index contributed by atoms with van der Waals surface area (Å²) < 4.78 is 0. The average Bonchev–Trinajstić information content (AvgIpc) is 2.67. The zero-order valence-corrected chi connectivity index (χ0v) is 12.7. The first-order valence-corrected chi connectivity index (χ1v) is 8.28. The van der Waals surface area contributed by atoms with E-state index in [1.165, 1.54) is 10.5 Å². The number of para-hydroxylation sites is 1. The lowest BCUT2D eigenvalue weighted by atomic mass is 10.1. The Labute approximate surface area is 129 Å². The molecule has 0 aliphatic carbocycles. The molecule has 1 atom stereocenters. The maximum atomic E-state index is 12.4. The van der Waals surface area contributed by atoms with Crippen molar-refractivity contribution in [3.63, 3.8) is 0 Å². The predicted molar refractivity (Wildman–Crippen MR) is 89.0 cm³/mol. The Bertz CT molecular complexity index is 657. The summed E-state index contributed by atoms with van der Waals surface area (Å²) in [5.41, 5.74) is 3.13. The van der Waals surface area contributed by atoms with Crippen molar-refractivity contribution in [1.82, 2.24) is 0 Å². The largest absolute Gasteiger partial charge is 0.374 e. The lowest BCUT2D eigenvalue weighted by molar-refractivity contribution is -0.116. The van der Waals surface area contributed by atoms with Crippen LogP contribution in [0.5, 0.6) is 0 Å². The average molecular weight is 298 g/mol. The first-order chi connectivity index (χ1) is 10.3. The van der Waals surface area contributed by atoms with Gasteiger partial charge in [0.1, 0.15) is 6.04 Å². The number of hydrogen-bond acceptors (Lipinski definition) is 3. The normalized spacial score (nSPS) is 17.6. The van der Waals surface area contributed by atoms with E-state index in [1.807, 2.05) is 36.6 Å². The Hall–Kier alpha value is -1.94. The predicted octanol–water partition coefficient (Wildman–Crippen LogP) is 3.77. The van der Waals surface area contributed by atoms with Crippen LogP contribution in [-0.4, -0.2) is 18.2 Å². The standard InChI is InChI=1S/C17H18N2OS/c1-21-14-7-4-6-13(11-14)18-16-10-9-12-5-2-3-8-15(12)19-17(16)20/h2-8,11,16,18H,9-10H2,1H3,(H,19,20). The minimum atomic E-state index is -0.200. The van der Waals surface area contributed by atoms with E-state index >= 15 is 0 Å². The number of carbonyl (C=O) groups excluding carboxylic acids is 1. The summed E-state index contributed by atoms with van der Waals surface area (Å²) in [6.45, 7) is 0. The van der Waals surface area contributed by atoms with Gasteiger partial charge in [0.2, 0.25) is 5.91 Å². The van der Waals surface area contributed by atoms with Crippen molar-refractivity contribution in [2.45, 2.75) is 23.8 Å². The number of rotatable bonds is 3. The van der Waals surface area contributed by atoms with Gasteiger partial charge in [0.25, 0.3) is 0 Å². The van der Waals surface area contributed by atoms with E-state index < -0.39 is 0 Å². The molecule has 0 saturated heterocycles. The monoisotopic (exact) mass is 298 g/mol. The molecule has 3 rings (SSSR count).